The third-order valence-corrected chi connectivity index (χ3v) is 6.58. The van der Waals surface area contributed by atoms with Crippen molar-refractivity contribution >= 4 is 21.7 Å². The number of hydrogen-bond acceptors (Lipinski definition) is 4. The zero-order chi connectivity index (χ0) is 18.4. The quantitative estimate of drug-likeness (QED) is 0.655. The molecule has 6 nitrogen and oxygen atoms in total. The summed E-state index contributed by atoms with van der Waals surface area (Å²) in [6.45, 7) is 4.20. The monoisotopic (exact) mass is 368 g/mol. The molecule has 0 spiro atoms. The molecule has 0 bridgehead atoms. The van der Waals surface area contributed by atoms with Gasteiger partial charge in [-0.2, -0.15) is 0 Å². The molecule has 1 saturated carbocycles. The van der Waals surface area contributed by atoms with E-state index >= 15 is 0 Å². The number of sulfonamides is 1. The number of carbonyl (C=O) groups is 1. The summed E-state index contributed by atoms with van der Waals surface area (Å²) in [5.41, 5.74) is 1.71. The van der Waals surface area contributed by atoms with Crippen LogP contribution in [0, 0.1) is 5.92 Å². The molecule has 0 aromatic heterocycles. The van der Waals surface area contributed by atoms with E-state index < -0.39 is 21.2 Å². The van der Waals surface area contributed by atoms with Crippen LogP contribution in [0.25, 0.3) is 0 Å². The minimum atomic E-state index is -3.20. The maximum absolute atomic E-state index is 11.9. The van der Waals surface area contributed by atoms with Crippen molar-refractivity contribution in [1.29, 1.82) is 0 Å². The van der Waals surface area contributed by atoms with Crippen LogP contribution in [0.1, 0.15) is 45.1 Å². The SMILES string of the molecule is CC(C)S(=O)(=O)NC1CCC(CNc2cccc(CC(=O)O)c2)CC1. The number of benzene rings is 1. The van der Waals surface area contributed by atoms with Crippen molar-refractivity contribution in [3.8, 4) is 0 Å². The predicted molar refractivity (Wildman–Crippen MR) is 99.2 cm³/mol. The molecule has 2 rings (SSSR count). The van der Waals surface area contributed by atoms with Crippen molar-refractivity contribution in [2.45, 2.75) is 57.2 Å². The van der Waals surface area contributed by atoms with Crippen LogP contribution in [0.3, 0.4) is 0 Å². The first-order chi connectivity index (χ1) is 11.8. The topological polar surface area (TPSA) is 95.5 Å². The molecule has 0 atom stereocenters. The molecule has 1 fully saturated rings. The van der Waals surface area contributed by atoms with E-state index in [1.807, 2.05) is 24.3 Å². The second-order valence-corrected chi connectivity index (χ2v) is 9.35. The van der Waals surface area contributed by atoms with Crippen molar-refractivity contribution in [1.82, 2.24) is 4.72 Å². The van der Waals surface area contributed by atoms with Gasteiger partial charge in [0.15, 0.2) is 0 Å². The molecule has 7 heteroatoms. The minimum absolute atomic E-state index is 0.0244. The van der Waals surface area contributed by atoms with E-state index in [-0.39, 0.29) is 12.5 Å². The van der Waals surface area contributed by atoms with Crippen LogP contribution in [-0.2, 0) is 21.2 Å². The Labute approximate surface area is 150 Å². The van der Waals surface area contributed by atoms with E-state index in [0.29, 0.717) is 5.92 Å². The van der Waals surface area contributed by atoms with E-state index in [0.717, 1.165) is 43.5 Å². The lowest BCUT2D eigenvalue weighted by atomic mass is 9.86. The van der Waals surface area contributed by atoms with Gasteiger partial charge < -0.3 is 10.4 Å². The van der Waals surface area contributed by atoms with E-state index in [4.69, 9.17) is 5.11 Å². The zero-order valence-corrected chi connectivity index (χ0v) is 15.7. The molecule has 1 aliphatic carbocycles. The Balaban J connectivity index is 1.78. The average molecular weight is 368 g/mol. The third-order valence-electron chi connectivity index (χ3n) is 4.68. The molecule has 0 unspecified atom stereocenters. The molecule has 1 aromatic carbocycles. The Morgan fingerprint density at radius 1 is 1.24 bits per heavy atom. The fourth-order valence-electron chi connectivity index (χ4n) is 3.08. The molecule has 0 saturated heterocycles. The Kier molecular flexibility index (Phi) is 6.84. The van der Waals surface area contributed by atoms with Gasteiger partial charge in [-0.3, -0.25) is 4.79 Å². The van der Waals surface area contributed by atoms with Gasteiger partial charge in [-0.15, -0.1) is 0 Å². The lowest BCUT2D eigenvalue weighted by molar-refractivity contribution is -0.136. The lowest BCUT2D eigenvalue weighted by Gasteiger charge is -2.29. The van der Waals surface area contributed by atoms with Gasteiger partial charge in [-0.25, -0.2) is 13.1 Å². The molecule has 0 aliphatic heterocycles. The summed E-state index contributed by atoms with van der Waals surface area (Å²) >= 11 is 0. The lowest BCUT2D eigenvalue weighted by Crippen LogP contribution is -2.41. The Hall–Kier alpha value is -1.60. The molecule has 0 amide bonds. The summed E-state index contributed by atoms with van der Waals surface area (Å²) in [4.78, 5) is 10.8. The Morgan fingerprint density at radius 2 is 1.92 bits per heavy atom. The highest BCUT2D eigenvalue weighted by molar-refractivity contribution is 7.90. The predicted octanol–water partition coefficient (Wildman–Crippen LogP) is 2.61. The van der Waals surface area contributed by atoms with Crippen LogP contribution in [0.4, 0.5) is 5.69 Å². The largest absolute Gasteiger partial charge is 0.481 e. The standard InChI is InChI=1S/C18H28N2O4S/c1-13(2)25(23,24)20-16-8-6-14(7-9-16)12-19-17-5-3-4-15(10-17)11-18(21)22/h3-5,10,13-14,16,19-20H,6-9,11-12H2,1-2H3,(H,21,22). The molecule has 0 radical (unpaired) electrons. The highest BCUT2D eigenvalue weighted by Crippen LogP contribution is 2.25. The van der Waals surface area contributed by atoms with Crippen LogP contribution in [-0.4, -0.2) is 37.3 Å². The Bertz CT molecular complexity index is 680. The summed E-state index contributed by atoms with van der Waals surface area (Å²) in [7, 11) is -3.20. The van der Waals surface area contributed by atoms with Gasteiger partial charge in [0.25, 0.3) is 0 Å². The maximum Gasteiger partial charge on any atom is 0.307 e. The zero-order valence-electron chi connectivity index (χ0n) is 14.9. The van der Waals surface area contributed by atoms with Crippen LogP contribution in [0.2, 0.25) is 0 Å². The number of carboxylic acid groups (broad SMARTS) is 1. The van der Waals surface area contributed by atoms with Gasteiger partial charge in [0, 0.05) is 18.3 Å². The summed E-state index contributed by atoms with van der Waals surface area (Å²) in [6, 6.07) is 7.52. The van der Waals surface area contributed by atoms with E-state index in [9.17, 15) is 13.2 Å². The maximum atomic E-state index is 11.9. The van der Waals surface area contributed by atoms with Crippen molar-refractivity contribution in [2.75, 3.05) is 11.9 Å². The number of aliphatic carboxylic acids is 1. The summed E-state index contributed by atoms with van der Waals surface area (Å²) in [6.07, 6.45) is 3.70. The van der Waals surface area contributed by atoms with Gasteiger partial charge in [0.2, 0.25) is 10.0 Å². The van der Waals surface area contributed by atoms with Crippen LogP contribution in [0.15, 0.2) is 24.3 Å². The van der Waals surface area contributed by atoms with Gasteiger partial charge in [0.05, 0.1) is 11.7 Å². The first-order valence-electron chi connectivity index (χ1n) is 8.82. The number of rotatable bonds is 8. The van der Waals surface area contributed by atoms with Crippen molar-refractivity contribution < 1.29 is 18.3 Å². The molecule has 1 aliphatic rings. The van der Waals surface area contributed by atoms with E-state index in [2.05, 4.69) is 10.0 Å². The summed E-state index contributed by atoms with van der Waals surface area (Å²) in [5.74, 6) is -0.331. The second kappa shape index (κ2) is 8.67. The molecular formula is C18H28N2O4S. The molecule has 3 N–H and O–H groups in total. The number of anilines is 1. The molecular weight excluding hydrogens is 340 g/mol. The highest BCUT2D eigenvalue weighted by atomic mass is 32.2. The third kappa shape index (κ3) is 6.32. The second-order valence-electron chi connectivity index (χ2n) is 7.08. The van der Waals surface area contributed by atoms with E-state index in [1.165, 1.54) is 0 Å². The molecule has 140 valence electrons. The first-order valence-corrected chi connectivity index (χ1v) is 10.4. The molecule has 1 aromatic rings. The number of nitrogens with one attached hydrogen (secondary N) is 2. The van der Waals surface area contributed by atoms with Crippen LogP contribution >= 0.6 is 0 Å². The fourth-order valence-corrected chi connectivity index (χ4v) is 4.05. The summed E-state index contributed by atoms with van der Waals surface area (Å²) < 4.78 is 26.7. The van der Waals surface area contributed by atoms with Gasteiger partial charge in [-0.1, -0.05) is 12.1 Å². The minimum Gasteiger partial charge on any atom is -0.481 e. The van der Waals surface area contributed by atoms with Gasteiger partial charge >= 0.3 is 5.97 Å². The van der Waals surface area contributed by atoms with Crippen LogP contribution < -0.4 is 10.0 Å². The highest BCUT2D eigenvalue weighted by Gasteiger charge is 2.26. The molecule has 0 heterocycles. The number of hydrogen-bond donors (Lipinski definition) is 3. The summed E-state index contributed by atoms with van der Waals surface area (Å²) in [5, 5.41) is 11.8. The van der Waals surface area contributed by atoms with Crippen molar-refractivity contribution in [2.24, 2.45) is 5.92 Å². The van der Waals surface area contributed by atoms with Crippen molar-refractivity contribution in [3.05, 3.63) is 29.8 Å². The number of carboxylic acids is 1. The van der Waals surface area contributed by atoms with Crippen molar-refractivity contribution in [3.63, 3.8) is 0 Å². The van der Waals surface area contributed by atoms with E-state index in [1.54, 1.807) is 13.8 Å². The van der Waals surface area contributed by atoms with Gasteiger partial charge in [-0.05, 0) is 63.1 Å². The smallest absolute Gasteiger partial charge is 0.307 e. The first kappa shape index (κ1) is 19.7. The average Bonchev–Trinajstić information content (AvgIpc) is 2.53. The molecule has 25 heavy (non-hydrogen) atoms. The fraction of sp³-hybridized carbons (Fsp3) is 0.611. The van der Waals surface area contributed by atoms with Crippen LogP contribution in [0.5, 0.6) is 0 Å². The Morgan fingerprint density at radius 3 is 2.52 bits per heavy atom. The normalized spacial score (nSPS) is 21.2. The van der Waals surface area contributed by atoms with Gasteiger partial charge in [0.1, 0.15) is 0 Å².